The highest BCUT2D eigenvalue weighted by atomic mass is 16.6. The molecule has 1 aromatic carbocycles. The summed E-state index contributed by atoms with van der Waals surface area (Å²) in [6, 6.07) is 8.84. The number of fused-ring (bicyclic) bond motifs is 1. The number of hydrogen-bond acceptors (Lipinski definition) is 5. The van der Waals surface area contributed by atoms with E-state index < -0.39 is 0 Å². The van der Waals surface area contributed by atoms with Crippen LogP contribution >= 0.6 is 0 Å². The summed E-state index contributed by atoms with van der Waals surface area (Å²) in [5, 5.41) is 0. The van der Waals surface area contributed by atoms with Crippen LogP contribution in [0.1, 0.15) is 29.6 Å². The third-order valence-corrected chi connectivity index (χ3v) is 3.92. The van der Waals surface area contributed by atoms with Gasteiger partial charge in [0, 0.05) is 0 Å². The van der Waals surface area contributed by atoms with E-state index in [2.05, 4.69) is 0 Å². The molecule has 0 N–H and O–H groups in total. The summed E-state index contributed by atoms with van der Waals surface area (Å²) < 4.78 is 16.2. The largest absolute Gasteiger partial charge is 0.465 e. The molecule has 0 bridgehead atoms. The van der Waals surface area contributed by atoms with E-state index in [9.17, 15) is 9.59 Å². The minimum atomic E-state index is -0.367. The van der Waals surface area contributed by atoms with E-state index in [4.69, 9.17) is 14.2 Å². The molecular formula is C16H18O5. The van der Waals surface area contributed by atoms with Crippen LogP contribution in [-0.2, 0) is 19.0 Å². The lowest BCUT2D eigenvalue weighted by atomic mass is 9.97. The minimum Gasteiger partial charge on any atom is -0.465 e. The Morgan fingerprint density at radius 2 is 2.10 bits per heavy atom. The van der Waals surface area contributed by atoms with Gasteiger partial charge in [-0.05, 0) is 31.4 Å². The summed E-state index contributed by atoms with van der Waals surface area (Å²) in [4.78, 5) is 23.7. The van der Waals surface area contributed by atoms with Crippen molar-refractivity contribution in [1.82, 2.24) is 0 Å². The Hall–Kier alpha value is -1.88. The second-order valence-electron chi connectivity index (χ2n) is 5.41. The predicted octanol–water partition coefficient (Wildman–Crippen LogP) is 1.95. The first-order valence-corrected chi connectivity index (χ1v) is 7.28. The Morgan fingerprint density at radius 1 is 1.29 bits per heavy atom. The lowest BCUT2D eigenvalue weighted by Crippen LogP contribution is -2.22. The lowest BCUT2D eigenvalue weighted by Gasteiger charge is -2.13. The fourth-order valence-electron chi connectivity index (χ4n) is 2.85. The van der Waals surface area contributed by atoms with E-state index in [1.165, 1.54) is 0 Å². The molecule has 2 heterocycles. The summed E-state index contributed by atoms with van der Waals surface area (Å²) in [7, 11) is 0. The number of esters is 2. The maximum Gasteiger partial charge on any atom is 0.338 e. The van der Waals surface area contributed by atoms with Crippen LogP contribution in [-0.4, -0.2) is 37.4 Å². The summed E-state index contributed by atoms with van der Waals surface area (Å²) in [6.45, 7) is 0.650. The molecule has 5 nitrogen and oxygen atoms in total. The summed E-state index contributed by atoms with van der Waals surface area (Å²) in [5.74, 6) is -0.767. The molecule has 0 unspecified atom stereocenters. The van der Waals surface area contributed by atoms with Crippen LogP contribution in [0.2, 0.25) is 0 Å². The standard InChI is InChI=1S/C16H18O5/c17-15(11-5-2-1-3-6-11)20-10-12-9-13-14(21-12)7-4-8-19-16(13)18/h1-3,5-6,12-14H,4,7-10H2/t12-,13-,14-/m1/s1. The quantitative estimate of drug-likeness (QED) is 0.796. The maximum absolute atomic E-state index is 11.9. The van der Waals surface area contributed by atoms with Gasteiger partial charge in [-0.2, -0.15) is 0 Å². The molecule has 0 radical (unpaired) electrons. The number of carbonyl (C=O) groups excluding carboxylic acids is 2. The second-order valence-corrected chi connectivity index (χ2v) is 5.41. The van der Waals surface area contributed by atoms with Crippen molar-refractivity contribution < 1.29 is 23.8 Å². The van der Waals surface area contributed by atoms with Crippen molar-refractivity contribution in [3.63, 3.8) is 0 Å². The first-order valence-electron chi connectivity index (χ1n) is 7.28. The molecule has 3 rings (SSSR count). The Bertz CT molecular complexity index is 513. The molecule has 2 aliphatic rings. The van der Waals surface area contributed by atoms with Crippen LogP contribution in [0.5, 0.6) is 0 Å². The molecule has 2 fully saturated rings. The Morgan fingerprint density at radius 3 is 2.90 bits per heavy atom. The summed E-state index contributed by atoms with van der Waals surface area (Å²) in [5.41, 5.74) is 0.518. The van der Waals surface area contributed by atoms with E-state index in [0.29, 0.717) is 18.6 Å². The molecule has 0 aliphatic carbocycles. The van der Waals surface area contributed by atoms with Crippen LogP contribution in [0.15, 0.2) is 30.3 Å². The fourth-order valence-corrected chi connectivity index (χ4v) is 2.85. The van der Waals surface area contributed by atoms with Crippen molar-refractivity contribution in [3.8, 4) is 0 Å². The second kappa shape index (κ2) is 6.26. The van der Waals surface area contributed by atoms with Gasteiger partial charge in [-0.25, -0.2) is 4.79 Å². The zero-order chi connectivity index (χ0) is 14.7. The molecule has 0 spiro atoms. The van der Waals surface area contributed by atoms with Crippen LogP contribution in [0.4, 0.5) is 0 Å². The summed E-state index contributed by atoms with van der Waals surface area (Å²) in [6.07, 6.45) is 1.88. The zero-order valence-corrected chi connectivity index (χ0v) is 11.7. The van der Waals surface area contributed by atoms with Gasteiger partial charge in [-0.1, -0.05) is 18.2 Å². The maximum atomic E-state index is 11.9. The molecule has 5 heteroatoms. The van der Waals surface area contributed by atoms with E-state index in [1.807, 2.05) is 6.07 Å². The Balaban J connectivity index is 1.53. The molecule has 3 atom stereocenters. The highest BCUT2D eigenvalue weighted by molar-refractivity contribution is 5.89. The molecular weight excluding hydrogens is 272 g/mol. The normalized spacial score (nSPS) is 28.4. The van der Waals surface area contributed by atoms with Gasteiger partial charge >= 0.3 is 11.9 Å². The van der Waals surface area contributed by atoms with Crippen LogP contribution < -0.4 is 0 Å². The number of rotatable bonds is 3. The number of hydrogen-bond donors (Lipinski definition) is 0. The van der Waals surface area contributed by atoms with Crippen molar-refractivity contribution in [2.75, 3.05) is 13.2 Å². The third-order valence-electron chi connectivity index (χ3n) is 3.92. The molecule has 1 aromatic rings. The van der Waals surface area contributed by atoms with Crippen LogP contribution in [0.3, 0.4) is 0 Å². The smallest absolute Gasteiger partial charge is 0.338 e. The average molecular weight is 290 g/mol. The Kier molecular flexibility index (Phi) is 4.20. The summed E-state index contributed by atoms with van der Waals surface area (Å²) >= 11 is 0. The molecule has 2 saturated heterocycles. The number of cyclic esters (lactones) is 1. The third kappa shape index (κ3) is 3.24. The number of ether oxygens (including phenoxy) is 3. The van der Waals surface area contributed by atoms with E-state index in [1.54, 1.807) is 24.3 Å². The first kappa shape index (κ1) is 14.1. The van der Waals surface area contributed by atoms with Gasteiger partial charge in [0.1, 0.15) is 6.61 Å². The van der Waals surface area contributed by atoms with Crippen molar-refractivity contribution in [1.29, 1.82) is 0 Å². The Labute approximate surface area is 123 Å². The number of benzene rings is 1. The van der Waals surface area contributed by atoms with Crippen molar-refractivity contribution in [3.05, 3.63) is 35.9 Å². The van der Waals surface area contributed by atoms with Crippen LogP contribution in [0.25, 0.3) is 0 Å². The molecule has 112 valence electrons. The first-order chi connectivity index (χ1) is 10.2. The predicted molar refractivity (Wildman–Crippen MR) is 73.7 cm³/mol. The van der Waals surface area contributed by atoms with Crippen LogP contribution in [0, 0.1) is 5.92 Å². The van der Waals surface area contributed by atoms with Crippen molar-refractivity contribution >= 4 is 11.9 Å². The lowest BCUT2D eigenvalue weighted by molar-refractivity contribution is -0.148. The van der Waals surface area contributed by atoms with Gasteiger partial charge in [0.15, 0.2) is 0 Å². The zero-order valence-electron chi connectivity index (χ0n) is 11.7. The van der Waals surface area contributed by atoms with E-state index >= 15 is 0 Å². The van der Waals surface area contributed by atoms with Gasteiger partial charge in [-0.15, -0.1) is 0 Å². The van der Waals surface area contributed by atoms with Gasteiger partial charge in [0.2, 0.25) is 0 Å². The van der Waals surface area contributed by atoms with E-state index in [-0.39, 0.29) is 36.7 Å². The minimum absolute atomic E-state index is 0.0968. The van der Waals surface area contributed by atoms with Gasteiger partial charge in [0.05, 0.1) is 30.3 Å². The molecule has 0 aromatic heterocycles. The highest BCUT2D eigenvalue weighted by Gasteiger charge is 2.42. The van der Waals surface area contributed by atoms with Crippen molar-refractivity contribution in [2.24, 2.45) is 5.92 Å². The van der Waals surface area contributed by atoms with Gasteiger partial charge in [-0.3, -0.25) is 4.79 Å². The van der Waals surface area contributed by atoms with E-state index in [0.717, 1.165) is 12.8 Å². The monoisotopic (exact) mass is 290 g/mol. The fraction of sp³-hybridized carbons (Fsp3) is 0.500. The highest BCUT2D eigenvalue weighted by Crippen LogP contribution is 2.32. The topological polar surface area (TPSA) is 61.8 Å². The molecule has 2 aliphatic heterocycles. The number of carbonyl (C=O) groups is 2. The molecule has 21 heavy (non-hydrogen) atoms. The van der Waals surface area contributed by atoms with Crippen molar-refractivity contribution in [2.45, 2.75) is 31.5 Å². The van der Waals surface area contributed by atoms with Gasteiger partial charge < -0.3 is 14.2 Å². The molecule has 0 amide bonds. The average Bonchev–Trinajstić information content (AvgIpc) is 2.85. The SMILES string of the molecule is O=C(OC[C@H]1C[C@H]2C(=O)OCCC[C@H]2O1)c1ccccc1. The van der Waals surface area contributed by atoms with Gasteiger partial charge in [0.25, 0.3) is 0 Å². The molecule has 0 saturated carbocycles.